The first-order valence-electron chi connectivity index (χ1n) is 2.64. The van der Waals surface area contributed by atoms with E-state index in [2.05, 4.69) is 25.3 Å². The maximum Gasteiger partial charge on any atom is 0.422 e. The van der Waals surface area contributed by atoms with Crippen LogP contribution in [-0.4, -0.2) is 12.1 Å². The number of thiol groups is 2. The molecule has 0 bridgehead atoms. The summed E-state index contributed by atoms with van der Waals surface area (Å²) >= 11 is 5.93. The SMILES string of the molecule is CC(F)(F)C(S)=C(S)C(F)(F)F. The van der Waals surface area contributed by atoms with Gasteiger partial charge in [-0.15, -0.1) is 25.3 Å². The van der Waals surface area contributed by atoms with Gasteiger partial charge in [-0.3, -0.25) is 0 Å². The molecule has 0 aliphatic rings. The lowest BCUT2D eigenvalue weighted by molar-refractivity contribution is -0.0859. The molecular weight excluding hydrogens is 219 g/mol. The van der Waals surface area contributed by atoms with Crippen LogP contribution in [0.5, 0.6) is 0 Å². The second-order valence-corrected chi connectivity index (χ2v) is 2.98. The van der Waals surface area contributed by atoms with E-state index < -0.39 is 21.9 Å². The summed E-state index contributed by atoms with van der Waals surface area (Å²) < 4.78 is 59.6. The van der Waals surface area contributed by atoms with Crippen LogP contribution in [0.15, 0.2) is 9.81 Å². The molecule has 7 heteroatoms. The standard InChI is InChI=1S/C5H5F5S2/c1-4(6,7)2(11)3(12)5(8,9)10/h11-12H,1H3. The minimum atomic E-state index is -4.88. The third-order valence-electron chi connectivity index (χ3n) is 0.909. The average Bonchev–Trinajstić information content (AvgIpc) is 1.80. The third-order valence-corrected chi connectivity index (χ3v) is 2.18. The number of alkyl halides is 5. The van der Waals surface area contributed by atoms with Gasteiger partial charge in [-0.25, -0.2) is 8.78 Å². The highest BCUT2D eigenvalue weighted by Gasteiger charge is 2.39. The lowest BCUT2D eigenvalue weighted by Gasteiger charge is -2.14. The van der Waals surface area contributed by atoms with Crippen molar-refractivity contribution in [3.63, 3.8) is 0 Å². The van der Waals surface area contributed by atoms with Gasteiger partial charge >= 0.3 is 6.18 Å². The summed E-state index contributed by atoms with van der Waals surface area (Å²) in [4.78, 5) is -3.04. The molecule has 12 heavy (non-hydrogen) atoms. The Hall–Kier alpha value is 0.0900. The number of rotatable bonds is 1. The van der Waals surface area contributed by atoms with Gasteiger partial charge in [0.2, 0.25) is 0 Å². The van der Waals surface area contributed by atoms with Crippen LogP contribution in [0.1, 0.15) is 6.92 Å². The van der Waals surface area contributed by atoms with Gasteiger partial charge in [-0.1, -0.05) is 0 Å². The fourth-order valence-corrected chi connectivity index (χ4v) is 0.665. The average molecular weight is 224 g/mol. The molecule has 0 unspecified atom stereocenters. The van der Waals surface area contributed by atoms with Crippen molar-refractivity contribution in [1.29, 1.82) is 0 Å². The van der Waals surface area contributed by atoms with E-state index in [0.29, 0.717) is 6.92 Å². The molecule has 0 aliphatic carbocycles. The molecule has 0 atom stereocenters. The van der Waals surface area contributed by atoms with Crippen molar-refractivity contribution in [2.75, 3.05) is 0 Å². The number of hydrogen-bond donors (Lipinski definition) is 2. The summed E-state index contributed by atoms with van der Waals surface area (Å²) in [6.07, 6.45) is -4.88. The van der Waals surface area contributed by atoms with Crippen LogP contribution in [-0.2, 0) is 0 Å². The van der Waals surface area contributed by atoms with E-state index in [1.165, 1.54) is 0 Å². The summed E-state index contributed by atoms with van der Waals surface area (Å²) in [5.41, 5.74) is 0. The predicted molar refractivity (Wildman–Crippen MR) is 41.7 cm³/mol. The van der Waals surface area contributed by atoms with Crippen molar-refractivity contribution in [1.82, 2.24) is 0 Å². The van der Waals surface area contributed by atoms with E-state index in [4.69, 9.17) is 0 Å². The van der Waals surface area contributed by atoms with E-state index in [0.717, 1.165) is 0 Å². The zero-order valence-corrected chi connectivity index (χ0v) is 7.57. The van der Waals surface area contributed by atoms with E-state index in [1.807, 2.05) is 0 Å². The van der Waals surface area contributed by atoms with Crippen LogP contribution in [0.3, 0.4) is 0 Å². The zero-order valence-electron chi connectivity index (χ0n) is 5.78. The maximum atomic E-state index is 12.2. The van der Waals surface area contributed by atoms with Crippen LogP contribution in [0.2, 0.25) is 0 Å². The van der Waals surface area contributed by atoms with Gasteiger partial charge in [0, 0.05) is 6.92 Å². The van der Waals surface area contributed by atoms with Crippen LogP contribution in [0.4, 0.5) is 22.0 Å². The Morgan fingerprint density at radius 3 is 1.33 bits per heavy atom. The fourth-order valence-electron chi connectivity index (χ4n) is 0.342. The Balaban J connectivity index is 4.96. The topological polar surface area (TPSA) is 0 Å². The van der Waals surface area contributed by atoms with E-state index in [-0.39, 0.29) is 0 Å². The first kappa shape index (κ1) is 12.1. The third kappa shape index (κ3) is 3.22. The van der Waals surface area contributed by atoms with E-state index in [1.54, 1.807) is 0 Å². The highest BCUT2D eigenvalue weighted by Crippen LogP contribution is 2.38. The molecule has 0 aromatic rings. The molecule has 0 aliphatic heterocycles. The molecule has 0 aromatic heterocycles. The van der Waals surface area contributed by atoms with Gasteiger partial charge in [0.15, 0.2) is 0 Å². The Morgan fingerprint density at radius 2 is 1.25 bits per heavy atom. The Labute approximate surface area is 76.6 Å². The first-order chi connectivity index (χ1) is 5.07. The minimum absolute atomic E-state index is 0.317. The van der Waals surface area contributed by atoms with Crippen LogP contribution in [0.25, 0.3) is 0 Å². The molecule has 0 saturated heterocycles. The maximum absolute atomic E-state index is 12.2. The summed E-state index contributed by atoms with van der Waals surface area (Å²) in [6, 6.07) is 0. The number of hydrogen-bond acceptors (Lipinski definition) is 2. The smallest absolute Gasteiger partial charge is 0.201 e. The fraction of sp³-hybridized carbons (Fsp3) is 0.600. The van der Waals surface area contributed by atoms with Gasteiger partial charge in [0.25, 0.3) is 5.92 Å². The molecule has 0 saturated carbocycles. The van der Waals surface area contributed by atoms with Crippen LogP contribution < -0.4 is 0 Å². The molecule has 0 fully saturated rings. The van der Waals surface area contributed by atoms with Gasteiger partial charge < -0.3 is 0 Å². The summed E-state index contributed by atoms with van der Waals surface area (Å²) in [6.45, 7) is 0.317. The molecule has 0 heterocycles. The van der Waals surface area contributed by atoms with Crippen LogP contribution in [0, 0.1) is 0 Å². The summed E-state index contributed by atoms with van der Waals surface area (Å²) in [5, 5.41) is 0. The van der Waals surface area contributed by atoms with Gasteiger partial charge in [-0.05, 0) is 0 Å². The lowest BCUT2D eigenvalue weighted by Crippen LogP contribution is -2.17. The second kappa shape index (κ2) is 3.45. The molecule has 0 aromatic carbocycles. The largest absolute Gasteiger partial charge is 0.422 e. The van der Waals surface area contributed by atoms with Crippen molar-refractivity contribution < 1.29 is 22.0 Å². The number of halogens is 5. The molecule has 0 spiro atoms. The molecule has 0 rings (SSSR count). The van der Waals surface area contributed by atoms with Gasteiger partial charge in [0.05, 0.1) is 4.91 Å². The summed E-state index contributed by atoms with van der Waals surface area (Å²) in [5.74, 6) is -3.62. The van der Waals surface area contributed by atoms with E-state index in [9.17, 15) is 22.0 Å². The zero-order chi connectivity index (χ0) is 10.2. The van der Waals surface area contributed by atoms with E-state index >= 15 is 0 Å². The molecule has 0 radical (unpaired) electrons. The quantitative estimate of drug-likeness (QED) is 0.495. The Bertz CT molecular complexity index is 177. The lowest BCUT2D eigenvalue weighted by atomic mass is 10.3. The summed E-state index contributed by atoms with van der Waals surface area (Å²) in [7, 11) is 0. The van der Waals surface area contributed by atoms with Gasteiger partial charge in [-0.2, -0.15) is 13.2 Å². The minimum Gasteiger partial charge on any atom is -0.201 e. The predicted octanol–water partition coefficient (Wildman–Crippen LogP) is 3.28. The van der Waals surface area contributed by atoms with Crippen molar-refractivity contribution >= 4 is 25.3 Å². The molecular formula is C5H5F5S2. The van der Waals surface area contributed by atoms with Crippen molar-refractivity contribution in [2.24, 2.45) is 0 Å². The van der Waals surface area contributed by atoms with Crippen LogP contribution >= 0.6 is 25.3 Å². The van der Waals surface area contributed by atoms with Gasteiger partial charge in [0.1, 0.15) is 4.91 Å². The molecule has 72 valence electrons. The van der Waals surface area contributed by atoms with Crippen molar-refractivity contribution in [3.05, 3.63) is 9.81 Å². The normalized spacial score (nSPS) is 16.0. The molecule has 0 N–H and O–H groups in total. The highest BCUT2D eigenvalue weighted by atomic mass is 32.1. The molecule has 0 nitrogen and oxygen atoms in total. The molecule has 0 amide bonds. The number of allylic oxidation sites excluding steroid dienone is 2. The monoisotopic (exact) mass is 224 g/mol. The Morgan fingerprint density at radius 1 is 0.917 bits per heavy atom. The van der Waals surface area contributed by atoms with Crippen molar-refractivity contribution in [3.8, 4) is 0 Å². The highest BCUT2D eigenvalue weighted by molar-refractivity contribution is 7.88. The first-order valence-corrected chi connectivity index (χ1v) is 3.54. The second-order valence-electron chi connectivity index (χ2n) is 2.08. The Kier molecular flexibility index (Phi) is 3.48. The van der Waals surface area contributed by atoms with Crippen molar-refractivity contribution in [2.45, 2.75) is 19.0 Å².